The van der Waals surface area contributed by atoms with Gasteiger partial charge >= 0.3 is 0 Å². The van der Waals surface area contributed by atoms with Gasteiger partial charge in [0.05, 0.1) is 6.04 Å². The van der Waals surface area contributed by atoms with Gasteiger partial charge in [-0.15, -0.1) is 0 Å². The zero-order valence-corrected chi connectivity index (χ0v) is 11.3. The predicted molar refractivity (Wildman–Crippen MR) is 79.1 cm³/mol. The molecule has 1 aromatic heterocycles. The minimum absolute atomic E-state index is 0.113. The van der Waals surface area contributed by atoms with Gasteiger partial charge in [-0.25, -0.2) is 0 Å². The van der Waals surface area contributed by atoms with Crippen LogP contribution in [0.4, 0.5) is 0 Å². The van der Waals surface area contributed by atoms with Crippen molar-refractivity contribution in [2.75, 3.05) is 6.54 Å². The summed E-state index contributed by atoms with van der Waals surface area (Å²) in [5, 5.41) is 2.86. The van der Waals surface area contributed by atoms with E-state index >= 15 is 0 Å². The van der Waals surface area contributed by atoms with Gasteiger partial charge in [-0.1, -0.05) is 36.4 Å². The number of aromatic nitrogens is 1. The lowest BCUT2D eigenvalue weighted by molar-refractivity contribution is -0.122. The second-order valence-electron chi connectivity index (χ2n) is 4.70. The molecule has 4 nitrogen and oxygen atoms in total. The van der Waals surface area contributed by atoms with Gasteiger partial charge < -0.3 is 11.1 Å². The number of pyridine rings is 1. The summed E-state index contributed by atoms with van der Waals surface area (Å²) in [6, 6.07) is 13.2. The first-order valence-corrected chi connectivity index (χ1v) is 6.72. The molecule has 0 radical (unpaired) electrons. The second-order valence-corrected chi connectivity index (χ2v) is 4.70. The quantitative estimate of drug-likeness (QED) is 0.831. The molecule has 3 N–H and O–H groups in total. The molecular formula is C16H19N3O. The molecule has 0 unspecified atom stereocenters. The Balaban J connectivity index is 1.74. The van der Waals surface area contributed by atoms with Crippen LogP contribution in [0.15, 0.2) is 54.9 Å². The molecule has 0 saturated heterocycles. The van der Waals surface area contributed by atoms with Crippen LogP contribution in [0.5, 0.6) is 0 Å². The Kier molecular flexibility index (Phi) is 5.26. The summed E-state index contributed by atoms with van der Waals surface area (Å²) in [6.45, 7) is 0.576. The molecule has 0 spiro atoms. The van der Waals surface area contributed by atoms with E-state index in [0.717, 1.165) is 17.5 Å². The Morgan fingerprint density at radius 3 is 2.60 bits per heavy atom. The fourth-order valence-electron chi connectivity index (χ4n) is 1.97. The zero-order chi connectivity index (χ0) is 14.2. The first-order chi connectivity index (χ1) is 9.75. The topological polar surface area (TPSA) is 68.0 Å². The molecule has 1 heterocycles. The van der Waals surface area contributed by atoms with Crippen LogP contribution in [-0.4, -0.2) is 23.5 Å². The van der Waals surface area contributed by atoms with E-state index in [4.69, 9.17) is 5.73 Å². The van der Waals surface area contributed by atoms with Crippen molar-refractivity contribution in [2.24, 2.45) is 5.73 Å². The van der Waals surface area contributed by atoms with Crippen LogP contribution in [0, 0.1) is 0 Å². The summed E-state index contributed by atoms with van der Waals surface area (Å²) in [7, 11) is 0. The molecule has 20 heavy (non-hydrogen) atoms. The third kappa shape index (κ3) is 4.48. The molecule has 2 rings (SSSR count). The monoisotopic (exact) mass is 269 g/mol. The first-order valence-electron chi connectivity index (χ1n) is 6.72. The molecule has 0 bridgehead atoms. The van der Waals surface area contributed by atoms with Crippen molar-refractivity contribution < 1.29 is 4.79 Å². The minimum atomic E-state index is -0.508. The van der Waals surface area contributed by atoms with E-state index in [9.17, 15) is 4.79 Å². The number of hydrogen-bond acceptors (Lipinski definition) is 3. The minimum Gasteiger partial charge on any atom is -0.354 e. The van der Waals surface area contributed by atoms with Gasteiger partial charge in [0.2, 0.25) is 5.91 Å². The van der Waals surface area contributed by atoms with E-state index in [1.807, 2.05) is 42.5 Å². The Hall–Kier alpha value is -2.20. The summed E-state index contributed by atoms with van der Waals surface area (Å²) in [5.41, 5.74) is 8.08. The van der Waals surface area contributed by atoms with E-state index in [1.165, 1.54) is 0 Å². The molecule has 0 saturated carbocycles. The highest BCUT2D eigenvalue weighted by Crippen LogP contribution is 2.02. The Morgan fingerprint density at radius 2 is 1.90 bits per heavy atom. The largest absolute Gasteiger partial charge is 0.354 e. The number of hydrogen-bond donors (Lipinski definition) is 2. The smallest absolute Gasteiger partial charge is 0.237 e. The Morgan fingerprint density at radius 1 is 1.15 bits per heavy atom. The standard InChI is InChI=1S/C16H19N3O/c17-15(11-13-5-2-1-3-6-13)16(20)19-10-8-14-7-4-9-18-12-14/h1-7,9,12,15H,8,10-11,17H2,(H,19,20)/t15-/m0/s1. The average molecular weight is 269 g/mol. The lowest BCUT2D eigenvalue weighted by Crippen LogP contribution is -2.42. The molecule has 0 aliphatic carbocycles. The highest BCUT2D eigenvalue weighted by atomic mass is 16.2. The van der Waals surface area contributed by atoms with Gasteiger partial charge in [0.15, 0.2) is 0 Å². The number of carbonyl (C=O) groups excluding carboxylic acids is 1. The number of nitrogens with two attached hydrogens (primary N) is 1. The zero-order valence-electron chi connectivity index (χ0n) is 11.3. The van der Waals surface area contributed by atoms with E-state index in [2.05, 4.69) is 10.3 Å². The first kappa shape index (κ1) is 14.2. The van der Waals surface area contributed by atoms with Crippen molar-refractivity contribution in [3.8, 4) is 0 Å². The van der Waals surface area contributed by atoms with E-state index in [0.29, 0.717) is 13.0 Å². The number of carbonyl (C=O) groups is 1. The van der Waals surface area contributed by atoms with Gasteiger partial charge in [0.25, 0.3) is 0 Å². The summed E-state index contributed by atoms with van der Waals surface area (Å²) in [6.07, 6.45) is 4.85. The number of nitrogens with zero attached hydrogens (tertiary/aromatic N) is 1. The van der Waals surface area contributed by atoms with Crippen LogP contribution in [-0.2, 0) is 17.6 Å². The Bertz CT molecular complexity index is 528. The molecule has 0 aliphatic rings. The highest BCUT2D eigenvalue weighted by Gasteiger charge is 2.13. The average Bonchev–Trinajstić information content (AvgIpc) is 2.49. The van der Waals surface area contributed by atoms with E-state index < -0.39 is 6.04 Å². The maximum atomic E-state index is 11.9. The molecular weight excluding hydrogens is 250 g/mol. The van der Waals surface area contributed by atoms with Crippen molar-refractivity contribution in [1.82, 2.24) is 10.3 Å². The molecule has 104 valence electrons. The van der Waals surface area contributed by atoms with Gasteiger partial charge in [-0.05, 0) is 30.0 Å². The molecule has 1 aromatic carbocycles. The maximum absolute atomic E-state index is 11.9. The summed E-state index contributed by atoms with van der Waals surface area (Å²) in [5.74, 6) is -0.113. The fourth-order valence-corrected chi connectivity index (χ4v) is 1.97. The van der Waals surface area contributed by atoms with Crippen LogP contribution < -0.4 is 11.1 Å². The van der Waals surface area contributed by atoms with Crippen LogP contribution in [0.3, 0.4) is 0 Å². The fraction of sp³-hybridized carbons (Fsp3) is 0.250. The molecule has 4 heteroatoms. The number of benzene rings is 1. The van der Waals surface area contributed by atoms with Crippen molar-refractivity contribution in [3.63, 3.8) is 0 Å². The summed E-state index contributed by atoms with van der Waals surface area (Å²) >= 11 is 0. The normalized spacial score (nSPS) is 11.8. The third-order valence-corrected chi connectivity index (χ3v) is 3.07. The van der Waals surface area contributed by atoms with E-state index in [-0.39, 0.29) is 5.91 Å². The summed E-state index contributed by atoms with van der Waals surface area (Å²) in [4.78, 5) is 15.9. The van der Waals surface area contributed by atoms with Crippen LogP contribution in [0.2, 0.25) is 0 Å². The maximum Gasteiger partial charge on any atom is 0.237 e. The predicted octanol–water partition coefficient (Wildman–Crippen LogP) is 1.31. The van der Waals surface area contributed by atoms with Gasteiger partial charge in [0, 0.05) is 18.9 Å². The molecule has 0 aliphatic heterocycles. The van der Waals surface area contributed by atoms with Gasteiger partial charge in [-0.2, -0.15) is 0 Å². The van der Waals surface area contributed by atoms with Crippen LogP contribution >= 0.6 is 0 Å². The number of rotatable bonds is 6. The molecule has 1 atom stereocenters. The van der Waals surface area contributed by atoms with Crippen molar-refractivity contribution in [2.45, 2.75) is 18.9 Å². The third-order valence-electron chi connectivity index (χ3n) is 3.07. The molecule has 0 fully saturated rings. The molecule has 2 aromatic rings. The Labute approximate surface area is 119 Å². The lowest BCUT2D eigenvalue weighted by Gasteiger charge is -2.12. The summed E-state index contributed by atoms with van der Waals surface area (Å²) < 4.78 is 0. The van der Waals surface area contributed by atoms with Crippen molar-refractivity contribution in [1.29, 1.82) is 0 Å². The highest BCUT2D eigenvalue weighted by molar-refractivity contribution is 5.81. The van der Waals surface area contributed by atoms with Crippen LogP contribution in [0.1, 0.15) is 11.1 Å². The molecule has 1 amide bonds. The SMILES string of the molecule is N[C@@H](Cc1ccccc1)C(=O)NCCc1cccnc1. The van der Waals surface area contributed by atoms with Crippen molar-refractivity contribution >= 4 is 5.91 Å². The van der Waals surface area contributed by atoms with Crippen molar-refractivity contribution in [3.05, 3.63) is 66.0 Å². The second kappa shape index (κ2) is 7.40. The lowest BCUT2D eigenvalue weighted by atomic mass is 10.1. The van der Waals surface area contributed by atoms with Crippen LogP contribution in [0.25, 0.3) is 0 Å². The number of nitrogens with one attached hydrogen (secondary N) is 1. The number of amides is 1. The van der Waals surface area contributed by atoms with Gasteiger partial charge in [-0.3, -0.25) is 9.78 Å². The van der Waals surface area contributed by atoms with E-state index in [1.54, 1.807) is 12.4 Å². The van der Waals surface area contributed by atoms with Gasteiger partial charge in [0.1, 0.15) is 0 Å².